The molecule has 8 heteroatoms. The molecule has 122 valence electrons. The monoisotopic (exact) mass is 321 g/mol. The number of carbonyl (C=O) groups is 2. The van der Waals surface area contributed by atoms with E-state index in [2.05, 4.69) is 0 Å². The van der Waals surface area contributed by atoms with Crippen molar-refractivity contribution < 1.29 is 31.9 Å². The number of ketones is 1. The SMILES string of the molecule is CC(=O)c1cc(NC(=O)OC(C)(C)C)c(F)c(C(F)(F)F)c1. The summed E-state index contributed by atoms with van der Waals surface area (Å²) < 4.78 is 57.1. The summed E-state index contributed by atoms with van der Waals surface area (Å²) in [5.41, 5.74) is -3.69. The number of carbonyl (C=O) groups excluding carboxylic acids is 2. The van der Waals surface area contributed by atoms with Crippen molar-refractivity contribution in [2.24, 2.45) is 0 Å². The maximum atomic E-state index is 13.9. The second-order valence-corrected chi connectivity index (χ2v) is 5.57. The molecule has 0 saturated heterocycles. The highest BCUT2D eigenvalue weighted by atomic mass is 19.4. The van der Waals surface area contributed by atoms with Gasteiger partial charge in [0, 0.05) is 5.56 Å². The van der Waals surface area contributed by atoms with E-state index in [1.807, 2.05) is 5.32 Å². The number of Topliss-reactive ketones (excluding diaryl/α,β-unsaturated/α-hetero) is 1. The Hall–Kier alpha value is -2.12. The molecule has 0 aliphatic carbocycles. The Morgan fingerprint density at radius 1 is 1.14 bits per heavy atom. The summed E-state index contributed by atoms with van der Waals surface area (Å²) in [5, 5.41) is 1.89. The summed E-state index contributed by atoms with van der Waals surface area (Å²) in [6.07, 6.45) is -6.12. The van der Waals surface area contributed by atoms with Crippen molar-refractivity contribution in [3.05, 3.63) is 29.1 Å². The Bertz CT molecular complexity index is 603. The van der Waals surface area contributed by atoms with Crippen LogP contribution in [0.15, 0.2) is 12.1 Å². The van der Waals surface area contributed by atoms with Crippen molar-refractivity contribution >= 4 is 17.6 Å². The molecule has 0 spiro atoms. The lowest BCUT2D eigenvalue weighted by atomic mass is 10.1. The summed E-state index contributed by atoms with van der Waals surface area (Å²) in [6.45, 7) is 5.65. The Labute approximate surface area is 124 Å². The van der Waals surface area contributed by atoms with Gasteiger partial charge in [0.05, 0.1) is 11.3 Å². The lowest BCUT2D eigenvalue weighted by Gasteiger charge is -2.20. The number of ether oxygens (including phenoxy) is 1. The first-order valence-electron chi connectivity index (χ1n) is 6.23. The maximum absolute atomic E-state index is 13.9. The molecule has 0 atom stereocenters. The Kier molecular flexibility index (Phi) is 4.84. The van der Waals surface area contributed by atoms with Gasteiger partial charge in [-0.05, 0) is 39.8 Å². The van der Waals surface area contributed by atoms with E-state index < -0.39 is 40.7 Å². The minimum Gasteiger partial charge on any atom is -0.444 e. The molecule has 1 N–H and O–H groups in total. The van der Waals surface area contributed by atoms with Gasteiger partial charge in [-0.3, -0.25) is 10.1 Å². The van der Waals surface area contributed by atoms with Crippen LogP contribution in [0.2, 0.25) is 0 Å². The molecule has 0 fully saturated rings. The van der Waals surface area contributed by atoms with Crippen LogP contribution in [0.4, 0.5) is 28.0 Å². The first kappa shape index (κ1) is 17.9. The molecule has 0 heterocycles. The normalized spacial score (nSPS) is 12.0. The zero-order valence-corrected chi connectivity index (χ0v) is 12.4. The number of alkyl halides is 3. The van der Waals surface area contributed by atoms with E-state index >= 15 is 0 Å². The van der Waals surface area contributed by atoms with Crippen molar-refractivity contribution in [2.75, 3.05) is 5.32 Å². The van der Waals surface area contributed by atoms with Crippen molar-refractivity contribution in [3.8, 4) is 0 Å². The number of hydrogen-bond donors (Lipinski definition) is 1. The van der Waals surface area contributed by atoms with Gasteiger partial charge >= 0.3 is 12.3 Å². The zero-order valence-electron chi connectivity index (χ0n) is 12.4. The molecule has 0 aliphatic rings. The minimum atomic E-state index is -5.00. The molecule has 1 aromatic rings. The number of benzene rings is 1. The molecule has 0 aliphatic heterocycles. The van der Waals surface area contributed by atoms with Crippen molar-refractivity contribution in [1.29, 1.82) is 0 Å². The fourth-order valence-electron chi connectivity index (χ4n) is 1.54. The van der Waals surface area contributed by atoms with Crippen LogP contribution >= 0.6 is 0 Å². The number of hydrogen-bond acceptors (Lipinski definition) is 3. The zero-order chi connectivity index (χ0) is 17.3. The summed E-state index contributed by atoms with van der Waals surface area (Å²) in [7, 11) is 0. The Balaban J connectivity index is 3.27. The molecule has 1 amide bonds. The molecule has 0 aromatic heterocycles. The third kappa shape index (κ3) is 4.71. The van der Waals surface area contributed by atoms with E-state index in [0.717, 1.165) is 13.0 Å². The highest BCUT2D eigenvalue weighted by molar-refractivity contribution is 5.96. The van der Waals surface area contributed by atoms with Crippen molar-refractivity contribution in [1.82, 2.24) is 0 Å². The van der Waals surface area contributed by atoms with Gasteiger partial charge in [-0.1, -0.05) is 0 Å². The van der Waals surface area contributed by atoms with E-state index in [9.17, 15) is 27.2 Å². The summed E-state index contributed by atoms with van der Waals surface area (Å²) in [4.78, 5) is 22.8. The highest BCUT2D eigenvalue weighted by Gasteiger charge is 2.36. The van der Waals surface area contributed by atoms with E-state index in [-0.39, 0.29) is 5.56 Å². The van der Waals surface area contributed by atoms with Crippen LogP contribution in [0.3, 0.4) is 0 Å². The second kappa shape index (κ2) is 5.94. The lowest BCUT2D eigenvalue weighted by Crippen LogP contribution is -2.28. The lowest BCUT2D eigenvalue weighted by molar-refractivity contribution is -0.139. The molecule has 4 nitrogen and oxygen atoms in total. The summed E-state index contributed by atoms with van der Waals surface area (Å²) >= 11 is 0. The average molecular weight is 321 g/mol. The fourth-order valence-corrected chi connectivity index (χ4v) is 1.54. The maximum Gasteiger partial charge on any atom is 0.419 e. The van der Waals surface area contributed by atoms with Crippen LogP contribution < -0.4 is 5.32 Å². The van der Waals surface area contributed by atoms with Gasteiger partial charge in [-0.15, -0.1) is 0 Å². The topological polar surface area (TPSA) is 55.4 Å². The first-order valence-corrected chi connectivity index (χ1v) is 6.23. The quantitative estimate of drug-likeness (QED) is 0.649. The van der Waals surface area contributed by atoms with Gasteiger partial charge in [-0.2, -0.15) is 13.2 Å². The second-order valence-electron chi connectivity index (χ2n) is 5.57. The predicted molar refractivity (Wildman–Crippen MR) is 71.3 cm³/mol. The third-order valence-electron chi connectivity index (χ3n) is 2.42. The van der Waals surface area contributed by atoms with Crippen LogP contribution in [0.1, 0.15) is 43.6 Å². The standard InChI is InChI=1S/C14H15F4NO3/c1-7(20)8-5-9(14(16,17)18)11(15)10(6-8)19-12(21)22-13(2,3)4/h5-6H,1-4H3,(H,19,21). The van der Waals surface area contributed by atoms with Gasteiger partial charge in [0.15, 0.2) is 11.6 Å². The first-order chi connectivity index (χ1) is 9.81. The molecule has 1 rings (SSSR count). The number of amides is 1. The summed E-state index contributed by atoms with van der Waals surface area (Å²) in [6, 6.07) is 1.23. The van der Waals surface area contributed by atoms with Crippen molar-refractivity contribution in [2.45, 2.75) is 39.5 Å². The van der Waals surface area contributed by atoms with Crippen LogP contribution in [0, 0.1) is 5.82 Å². The Morgan fingerprint density at radius 2 is 1.68 bits per heavy atom. The van der Waals surface area contributed by atoms with Gasteiger partial charge in [0.1, 0.15) is 5.60 Å². The number of anilines is 1. The smallest absolute Gasteiger partial charge is 0.419 e. The summed E-state index contributed by atoms with van der Waals surface area (Å²) in [5.74, 6) is -2.37. The predicted octanol–water partition coefficient (Wildman–Crippen LogP) is 4.39. The average Bonchev–Trinajstić information content (AvgIpc) is 2.27. The van der Waals surface area contributed by atoms with Crippen LogP contribution in [-0.2, 0) is 10.9 Å². The molecule has 0 unspecified atom stereocenters. The van der Waals surface area contributed by atoms with E-state index in [1.165, 1.54) is 20.8 Å². The number of halogens is 4. The molecular weight excluding hydrogens is 306 g/mol. The third-order valence-corrected chi connectivity index (χ3v) is 2.42. The van der Waals surface area contributed by atoms with Gasteiger partial charge in [-0.25, -0.2) is 9.18 Å². The molecular formula is C14H15F4NO3. The van der Waals surface area contributed by atoms with Gasteiger partial charge < -0.3 is 4.74 Å². The van der Waals surface area contributed by atoms with E-state index in [1.54, 1.807) is 0 Å². The Morgan fingerprint density at radius 3 is 2.09 bits per heavy atom. The van der Waals surface area contributed by atoms with Crippen molar-refractivity contribution in [3.63, 3.8) is 0 Å². The van der Waals surface area contributed by atoms with Crippen LogP contribution in [0.5, 0.6) is 0 Å². The fraction of sp³-hybridized carbons (Fsp3) is 0.429. The largest absolute Gasteiger partial charge is 0.444 e. The number of rotatable bonds is 2. The molecule has 0 radical (unpaired) electrons. The van der Waals surface area contributed by atoms with Gasteiger partial charge in [0.2, 0.25) is 0 Å². The van der Waals surface area contributed by atoms with E-state index in [0.29, 0.717) is 6.07 Å². The molecule has 0 saturated carbocycles. The molecule has 0 bridgehead atoms. The van der Waals surface area contributed by atoms with E-state index in [4.69, 9.17) is 4.74 Å². The molecule has 22 heavy (non-hydrogen) atoms. The minimum absolute atomic E-state index is 0.375. The van der Waals surface area contributed by atoms with Crippen LogP contribution in [-0.4, -0.2) is 17.5 Å². The number of nitrogens with one attached hydrogen (secondary N) is 1. The van der Waals surface area contributed by atoms with Gasteiger partial charge in [0.25, 0.3) is 0 Å². The van der Waals surface area contributed by atoms with Crippen LogP contribution in [0.25, 0.3) is 0 Å². The molecule has 1 aromatic carbocycles. The highest BCUT2D eigenvalue weighted by Crippen LogP contribution is 2.35.